The van der Waals surface area contributed by atoms with Gasteiger partial charge in [0.2, 0.25) is 5.91 Å². The third-order valence-corrected chi connectivity index (χ3v) is 3.71. The van der Waals surface area contributed by atoms with Gasteiger partial charge in [-0.05, 0) is 37.1 Å². The van der Waals surface area contributed by atoms with Crippen LogP contribution in [0, 0.1) is 10.1 Å². The zero-order valence-electron chi connectivity index (χ0n) is 14.0. The Balaban J connectivity index is 2.09. The van der Waals surface area contributed by atoms with Gasteiger partial charge in [0, 0.05) is 17.3 Å². The molecular formula is C18H19N3O4. The molecule has 2 rings (SSSR count). The van der Waals surface area contributed by atoms with Crippen molar-refractivity contribution in [1.82, 2.24) is 0 Å². The molecule has 0 fully saturated rings. The van der Waals surface area contributed by atoms with E-state index in [0.717, 1.165) is 17.7 Å². The Bertz CT molecular complexity index is 818. The van der Waals surface area contributed by atoms with E-state index in [1.807, 2.05) is 25.1 Å². The number of aryl methyl sites for hydroxylation is 1. The molecule has 0 radical (unpaired) electrons. The van der Waals surface area contributed by atoms with Gasteiger partial charge in [0.05, 0.1) is 11.5 Å². The molecule has 2 aromatic rings. The standard InChI is InChI=1S/C18H19N3O4/c1-3-13-6-4-5-7-15(13)20-18(23)11-19-16-9-8-14(12(2)22)10-17(16)21(24)25/h4-10,19H,3,11H2,1-2H3,(H,20,23). The molecule has 25 heavy (non-hydrogen) atoms. The second-order valence-corrected chi connectivity index (χ2v) is 5.46. The first-order chi connectivity index (χ1) is 11.9. The molecule has 0 aliphatic carbocycles. The first-order valence-corrected chi connectivity index (χ1v) is 7.83. The van der Waals surface area contributed by atoms with E-state index < -0.39 is 4.92 Å². The predicted molar refractivity (Wildman–Crippen MR) is 96.0 cm³/mol. The lowest BCUT2D eigenvalue weighted by Crippen LogP contribution is -2.22. The van der Waals surface area contributed by atoms with Crippen molar-refractivity contribution in [2.24, 2.45) is 0 Å². The number of nitrogens with one attached hydrogen (secondary N) is 2. The molecule has 0 aromatic heterocycles. The smallest absolute Gasteiger partial charge is 0.293 e. The molecule has 0 heterocycles. The Morgan fingerprint density at radius 2 is 1.84 bits per heavy atom. The third-order valence-electron chi connectivity index (χ3n) is 3.71. The van der Waals surface area contributed by atoms with E-state index in [0.29, 0.717) is 0 Å². The lowest BCUT2D eigenvalue weighted by Gasteiger charge is -2.11. The van der Waals surface area contributed by atoms with Gasteiger partial charge in [0.15, 0.2) is 5.78 Å². The molecular weight excluding hydrogens is 322 g/mol. The fourth-order valence-electron chi connectivity index (χ4n) is 2.37. The van der Waals surface area contributed by atoms with Gasteiger partial charge in [0.25, 0.3) is 5.69 Å². The summed E-state index contributed by atoms with van der Waals surface area (Å²) in [5, 5.41) is 16.7. The van der Waals surface area contributed by atoms with Gasteiger partial charge in [-0.3, -0.25) is 19.7 Å². The average Bonchev–Trinajstić information content (AvgIpc) is 2.60. The summed E-state index contributed by atoms with van der Waals surface area (Å²) in [6.07, 6.45) is 0.780. The summed E-state index contributed by atoms with van der Waals surface area (Å²) >= 11 is 0. The summed E-state index contributed by atoms with van der Waals surface area (Å²) in [4.78, 5) is 34.1. The molecule has 0 unspecified atom stereocenters. The van der Waals surface area contributed by atoms with Crippen LogP contribution in [-0.2, 0) is 11.2 Å². The molecule has 2 N–H and O–H groups in total. The van der Waals surface area contributed by atoms with Crippen LogP contribution in [0.15, 0.2) is 42.5 Å². The molecule has 0 atom stereocenters. The number of Topliss-reactive ketones (excluding diaryl/α,β-unsaturated/α-hetero) is 1. The normalized spacial score (nSPS) is 10.2. The molecule has 0 aliphatic heterocycles. The maximum absolute atomic E-state index is 12.1. The predicted octanol–water partition coefficient (Wildman–Crippen LogP) is 3.41. The lowest BCUT2D eigenvalue weighted by molar-refractivity contribution is -0.384. The number of carbonyl (C=O) groups excluding carboxylic acids is 2. The van der Waals surface area contributed by atoms with Crippen molar-refractivity contribution < 1.29 is 14.5 Å². The number of nitro groups is 1. The van der Waals surface area contributed by atoms with Crippen LogP contribution in [0.25, 0.3) is 0 Å². The molecule has 130 valence electrons. The Kier molecular flexibility index (Phi) is 5.84. The summed E-state index contributed by atoms with van der Waals surface area (Å²) in [6, 6.07) is 11.6. The van der Waals surface area contributed by atoms with Gasteiger partial charge < -0.3 is 10.6 Å². The van der Waals surface area contributed by atoms with Gasteiger partial charge in [-0.2, -0.15) is 0 Å². The van der Waals surface area contributed by atoms with Crippen molar-refractivity contribution in [3.05, 3.63) is 63.7 Å². The van der Waals surface area contributed by atoms with Crippen molar-refractivity contribution in [2.45, 2.75) is 20.3 Å². The minimum absolute atomic E-state index is 0.127. The molecule has 0 saturated carbocycles. The average molecular weight is 341 g/mol. The van der Waals surface area contributed by atoms with E-state index in [1.165, 1.54) is 25.1 Å². The van der Waals surface area contributed by atoms with E-state index in [1.54, 1.807) is 6.07 Å². The first-order valence-electron chi connectivity index (χ1n) is 7.83. The summed E-state index contributed by atoms with van der Waals surface area (Å²) in [5.41, 5.74) is 1.92. The highest BCUT2D eigenvalue weighted by Crippen LogP contribution is 2.25. The fourth-order valence-corrected chi connectivity index (χ4v) is 2.37. The highest BCUT2D eigenvalue weighted by molar-refractivity contribution is 5.97. The number of carbonyl (C=O) groups is 2. The molecule has 2 aromatic carbocycles. The second-order valence-electron chi connectivity index (χ2n) is 5.46. The minimum Gasteiger partial charge on any atom is -0.371 e. The second kappa shape index (κ2) is 8.05. The highest BCUT2D eigenvalue weighted by atomic mass is 16.6. The van der Waals surface area contributed by atoms with Gasteiger partial charge in [-0.1, -0.05) is 25.1 Å². The van der Waals surface area contributed by atoms with Gasteiger partial charge >= 0.3 is 0 Å². The van der Waals surface area contributed by atoms with Gasteiger partial charge in [-0.25, -0.2) is 0 Å². The van der Waals surface area contributed by atoms with Gasteiger partial charge in [-0.15, -0.1) is 0 Å². The molecule has 0 aliphatic rings. The molecule has 7 nitrogen and oxygen atoms in total. The largest absolute Gasteiger partial charge is 0.371 e. The number of hydrogen-bond acceptors (Lipinski definition) is 5. The first kappa shape index (κ1) is 18.1. The van der Waals surface area contributed by atoms with Crippen LogP contribution in [0.1, 0.15) is 29.8 Å². The number of benzene rings is 2. The molecule has 0 saturated heterocycles. The number of anilines is 2. The van der Waals surface area contributed by atoms with E-state index in [-0.39, 0.29) is 35.2 Å². The van der Waals surface area contributed by atoms with Crippen LogP contribution in [0.4, 0.5) is 17.1 Å². The van der Waals surface area contributed by atoms with E-state index in [4.69, 9.17) is 0 Å². The topological polar surface area (TPSA) is 101 Å². The van der Waals surface area contributed by atoms with Crippen molar-refractivity contribution in [1.29, 1.82) is 0 Å². The quantitative estimate of drug-likeness (QED) is 0.456. The number of nitrogens with zero attached hydrogens (tertiary/aromatic N) is 1. The van der Waals surface area contributed by atoms with Crippen molar-refractivity contribution in [3.63, 3.8) is 0 Å². The minimum atomic E-state index is -0.584. The van der Waals surface area contributed by atoms with Crippen molar-refractivity contribution in [3.8, 4) is 0 Å². The van der Waals surface area contributed by atoms with Crippen LogP contribution in [0.2, 0.25) is 0 Å². The van der Waals surface area contributed by atoms with E-state index >= 15 is 0 Å². The summed E-state index contributed by atoms with van der Waals surface area (Å²) < 4.78 is 0. The number of amides is 1. The van der Waals surface area contributed by atoms with Crippen LogP contribution in [0.5, 0.6) is 0 Å². The zero-order valence-corrected chi connectivity index (χ0v) is 14.0. The van der Waals surface area contributed by atoms with E-state index in [2.05, 4.69) is 10.6 Å². The van der Waals surface area contributed by atoms with Crippen LogP contribution >= 0.6 is 0 Å². The lowest BCUT2D eigenvalue weighted by atomic mass is 10.1. The zero-order chi connectivity index (χ0) is 18.4. The highest BCUT2D eigenvalue weighted by Gasteiger charge is 2.17. The Hall–Kier alpha value is -3.22. The third kappa shape index (κ3) is 4.63. The molecule has 0 spiro atoms. The number of para-hydroxylation sites is 1. The van der Waals surface area contributed by atoms with Crippen molar-refractivity contribution in [2.75, 3.05) is 17.2 Å². The molecule has 0 bridgehead atoms. The van der Waals surface area contributed by atoms with Crippen LogP contribution in [0.3, 0.4) is 0 Å². The summed E-state index contributed by atoms with van der Waals surface area (Å²) in [6.45, 7) is 3.20. The Morgan fingerprint density at radius 3 is 2.48 bits per heavy atom. The van der Waals surface area contributed by atoms with E-state index in [9.17, 15) is 19.7 Å². The Morgan fingerprint density at radius 1 is 1.12 bits per heavy atom. The van der Waals surface area contributed by atoms with Crippen LogP contribution in [-0.4, -0.2) is 23.2 Å². The molecule has 7 heteroatoms. The Labute approximate surface area is 145 Å². The maximum Gasteiger partial charge on any atom is 0.293 e. The summed E-state index contributed by atoms with van der Waals surface area (Å²) in [7, 11) is 0. The number of rotatable bonds is 7. The summed E-state index contributed by atoms with van der Waals surface area (Å²) in [5.74, 6) is -0.575. The van der Waals surface area contributed by atoms with Gasteiger partial charge in [0.1, 0.15) is 5.69 Å². The SMILES string of the molecule is CCc1ccccc1NC(=O)CNc1ccc(C(C)=O)cc1[N+](=O)[O-]. The fraction of sp³-hybridized carbons (Fsp3) is 0.222. The number of ketones is 1. The van der Waals surface area contributed by atoms with Crippen molar-refractivity contribution >= 4 is 28.8 Å². The monoisotopic (exact) mass is 341 g/mol. The number of hydrogen-bond donors (Lipinski definition) is 2. The maximum atomic E-state index is 12.1. The number of nitro benzene ring substituents is 1. The molecule has 1 amide bonds. The van der Waals surface area contributed by atoms with Crippen LogP contribution < -0.4 is 10.6 Å².